The second kappa shape index (κ2) is 8.50. The molecule has 1 fully saturated rings. The number of aliphatic carboxylic acids is 1. The van der Waals surface area contributed by atoms with E-state index in [0.717, 1.165) is 19.4 Å². The number of rotatable bonds is 6. The number of carboxylic acid groups (broad SMARTS) is 1. The number of nitriles is 1. The first kappa shape index (κ1) is 17.3. The maximum absolute atomic E-state index is 12.5. The molecule has 2 unspecified atom stereocenters. The Morgan fingerprint density at radius 2 is 2.24 bits per heavy atom. The van der Waals surface area contributed by atoms with Crippen LogP contribution in [0.2, 0.25) is 0 Å². The van der Waals surface area contributed by atoms with Crippen LogP contribution >= 0.6 is 0 Å². The third-order valence-electron chi connectivity index (χ3n) is 3.92. The number of carboxylic acids is 1. The molecule has 6 heteroatoms. The highest BCUT2D eigenvalue weighted by Gasteiger charge is 2.27. The standard InChI is InChI=1S/C15H25N3O3/c1-3-17(10-12(2)9-16)15(21)18-8-4-5-13(11-18)6-7-14(19)20/h12-13H,3-8,10-11H2,1-2H3,(H,19,20). The predicted octanol–water partition coefficient (Wildman–Crippen LogP) is 2.16. The van der Waals surface area contributed by atoms with Gasteiger partial charge in [0.15, 0.2) is 0 Å². The summed E-state index contributed by atoms with van der Waals surface area (Å²) in [6, 6.07) is 2.12. The number of hydrogen-bond acceptors (Lipinski definition) is 3. The van der Waals surface area contributed by atoms with E-state index >= 15 is 0 Å². The van der Waals surface area contributed by atoms with E-state index in [-0.39, 0.29) is 24.3 Å². The second-order valence-electron chi connectivity index (χ2n) is 5.74. The molecule has 0 spiro atoms. The largest absolute Gasteiger partial charge is 0.481 e. The van der Waals surface area contributed by atoms with Crippen molar-refractivity contribution in [3.63, 3.8) is 0 Å². The normalized spacial score (nSPS) is 19.7. The first-order valence-electron chi connectivity index (χ1n) is 7.63. The van der Waals surface area contributed by atoms with Crippen LogP contribution in [0.4, 0.5) is 4.79 Å². The van der Waals surface area contributed by atoms with Crippen molar-refractivity contribution >= 4 is 12.0 Å². The van der Waals surface area contributed by atoms with Crippen molar-refractivity contribution < 1.29 is 14.7 Å². The minimum absolute atomic E-state index is 0.0281. The fraction of sp³-hybridized carbons (Fsp3) is 0.800. The molecule has 1 N–H and O–H groups in total. The summed E-state index contributed by atoms with van der Waals surface area (Å²) in [5, 5.41) is 17.6. The summed E-state index contributed by atoms with van der Waals surface area (Å²) < 4.78 is 0. The Bertz CT molecular complexity index is 405. The van der Waals surface area contributed by atoms with Crippen molar-refractivity contribution in [3.05, 3.63) is 0 Å². The lowest BCUT2D eigenvalue weighted by Crippen LogP contribution is -2.48. The van der Waals surface area contributed by atoms with E-state index in [9.17, 15) is 9.59 Å². The fourth-order valence-corrected chi connectivity index (χ4v) is 2.72. The van der Waals surface area contributed by atoms with Crippen molar-refractivity contribution in [2.75, 3.05) is 26.2 Å². The molecule has 0 saturated carbocycles. The zero-order valence-electron chi connectivity index (χ0n) is 12.9. The highest BCUT2D eigenvalue weighted by atomic mass is 16.4. The van der Waals surface area contributed by atoms with Gasteiger partial charge in [0.05, 0.1) is 12.0 Å². The van der Waals surface area contributed by atoms with E-state index in [1.165, 1.54) is 0 Å². The third-order valence-corrected chi connectivity index (χ3v) is 3.92. The minimum Gasteiger partial charge on any atom is -0.481 e. The molecule has 0 bridgehead atoms. The zero-order chi connectivity index (χ0) is 15.8. The van der Waals surface area contributed by atoms with Crippen LogP contribution < -0.4 is 0 Å². The van der Waals surface area contributed by atoms with Crippen LogP contribution in [0.1, 0.15) is 39.5 Å². The Labute approximate surface area is 126 Å². The molecule has 2 atom stereocenters. The number of carbonyl (C=O) groups excluding carboxylic acids is 1. The van der Waals surface area contributed by atoms with E-state index in [1.807, 2.05) is 18.7 Å². The molecule has 0 aliphatic carbocycles. The van der Waals surface area contributed by atoms with E-state index in [0.29, 0.717) is 26.1 Å². The highest BCUT2D eigenvalue weighted by molar-refractivity contribution is 5.74. The quantitative estimate of drug-likeness (QED) is 0.813. The maximum atomic E-state index is 12.5. The molecule has 1 heterocycles. The highest BCUT2D eigenvalue weighted by Crippen LogP contribution is 2.22. The first-order valence-corrected chi connectivity index (χ1v) is 7.63. The number of likely N-dealkylation sites (tertiary alicyclic amines) is 1. The number of nitrogens with zero attached hydrogens (tertiary/aromatic N) is 3. The van der Waals surface area contributed by atoms with Crippen molar-refractivity contribution in [1.29, 1.82) is 5.26 Å². The van der Waals surface area contributed by atoms with Gasteiger partial charge in [-0.2, -0.15) is 5.26 Å². The van der Waals surface area contributed by atoms with Crippen LogP contribution in [0.15, 0.2) is 0 Å². The van der Waals surface area contributed by atoms with Crippen LogP contribution in [-0.4, -0.2) is 53.1 Å². The molecular formula is C15H25N3O3. The van der Waals surface area contributed by atoms with Gasteiger partial charge in [0, 0.05) is 32.6 Å². The van der Waals surface area contributed by atoms with Crippen molar-refractivity contribution in [2.24, 2.45) is 11.8 Å². The van der Waals surface area contributed by atoms with Gasteiger partial charge in [0.2, 0.25) is 0 Å². The maximum Gasteiger partial charge on any atom is 0.320 e. The van der Waals surface area contributed by atoms with Gasteiger partial charge in [-0.1, -0.05) is 0 Å². The lowest BCUT2D eigenvalue weighted by atomic mass is 9.93. The number of piperidine rings is 1. The van der Waals surface area contributed by atoms with Gasteiger partial charge >= 0.3 is 12.0 Å². The summed E-state index contributed by atoms with van der Waals surface area (Å²) in [5.41, 5.74) is 0. The van der Waals surface area contributed by atoms with Crippen molar-refractivity contribution in [1.82, 2.24) is 9.80 Å². The smallest absolute Gasteiger partial charge is 0.320 e. The molecule has 0 aromatic carbocycles. The Morgan fingerprint density at radius 3 is 2.81 bits per heavy atom. The van der Waals surface area contributed by atoms with Gasteiger partial charge in [-0.25, -0.2) is 4.79 Å². The fourth-order valence-electron chi connectivity index (χ4n) is 2.72. The number of carbonyl (C=O) groups is 2. The summed E-state index contributed by atoms with van der Waals surface area (Å²) in [7, 11) is 0. The van der Waals surface area contributed by atoms with Crippen molar-refractivity contribution in [2.45, 2.75) is 39.5 Å². The molecule has 0 radical (unpaired) electrons. The monoisotopic (exact) mass is 295 g/mol. The molecule has 6 nitrogen and oxygen atoms in total. The summed E-state index contributed by atoms with van der Waals surface area (Å²) in [6.07, 6.45) is 2.69. The van der Waals surface area contributed by atoms with E-state index in [1.54, 1.807) is 4.90 Å². The SMILES string of the molecule is CCN(CC(C)C#N)C(=O)N1CCCC(CCC(=O)O)C1. The van der Waals surface area contributed by atoms with Crippen LogP contribution in [0, 0.1) is 23.2 Å². The summed E-state index contributed by atoms with van der Waals surface area (Å²) in [5.74, 6) is -0.691. The van der Waals surface area contributed by atoms with Gasteiger partial charge in [-0.05, 0) is 39.0 Å². The predicted molar refractivity (Wildman–Crippen MR) is 78.6 cm³/mol. The average Bonchev–Trinajstić information content (AvgIpc) is 2.49. The average molecular weight is 295 g/mol. The topological polar surface area (TPSA) is 84.6 Å². The van der Waals surface area contributed by atoms with Crippen LogP contribution in [-0.2, 0) is 4.79 Å². The molecular weight excluding hydrogens is 270 g/mol. The molecule has 2 amide bonds. The lowest BCUT2D eigenvalue weighted by Gasteiger charge is -2.36. The molecule has 0 aromatic heterocycles. The molecule has 118 valence electrons. The summed E-state index contributed by atoms with van der Waals surface area (Å²) in [4.78, 5) is 26.6. The Kier molecular flexibility index (Phi) is 7.00. The van der Waals surface area contributed by atoms with Gasteiger partial charge in [-0.3, -0.25) is 4.79 Å². The van der Waals surface area contributed by atoms with Gasteiger partial charge in [0.25, 0.3) is 0 Å². The van der Waals surface area contributed by atoms with Gasteiger partial charge < -0.3 is 14.9 Å². The molecule has 21 heavy (non-hydrogen) atoms. The number of urea groups is 1. The van der Waals surface area contributed by atoms with Crippen LogP contribution in [0.3, 0.4) is 0 Å². The van der Waals surface area contributed by atoms with Crippen LogP contribution in [0.5, 0.6) is 0 Å². The summed E-state index contributed by atoms with van der Waals surface area (Å²) >= 11 is 0. The molecule has 1 rings (SSSR count). The Hall–Kier alpha value is -1.77. The minimum atomic E-state index is -0.781. The molecule has 0 aromatic rings. The second-order valence-corrected chi connectivity index (χ2v) is 5.74. The van der Waals surface area contributed by atoms with Crippen LogP contribution in [0.25, 0.3) is 0 Å². The Balaban J connectivity index is 2.55. The Morgan fingerprint density at radius 1 is 1.52 bits per heavy atom. The van der Waals surface area contributed by atoms with Crippen molar-refractivity contribution in [3.8, 4) is 6.07 Å². The van der Waals surface area contributed by atoms with E-state index < -0.39 is 5.97 Å². The van der Waals surface area contributed by atoms with Gasteiger partial charge in [0.1, 0.15) is 0 Å². The number of amides is 2. The van der Waals surface area contributed by atoms with E-state index in [2.05, 4.69) is 6.07 Å². The summed E-state index contributed by atoms with van der Waals surface area (Å²) in [6.45, 7) is 6.10. The zero-order valence-corrected chi connectivity index (χ0v) is 12.9. The molecule has 1 aliphatic rings. The van der Waals surface area contributed by atoms with Gasteiger partial charge in [-0.15, -0.1) is 0 Å². The van der Waals surface area contributed by atoms with E-state index in [4.69, 9.17) is 10.4 Å². The lowest BCUT2D eigenvalue weighted by molar-refractivity contribution is -0.137. The molecule has 1 aliphatic heterocycles. The first-order chi connectivity index (χ1) is 9.97. The third kappa shape index (κ3) is 5.62. The molecule has 1 saturated heterocycles. The number of hydrogen-bond donors (Lipinski definition) is 1.